The third-order valence-electron chi connectivity index (χ3n) is 4.22. The van der Waals surface area contributed by atoms with Crippen LogP contribution in [0.1, 0.15) is 19.4 Å². The van der Waals surface area contributed by atoms with Gasteiger partial charge in [0, 0.05) is 31.2 Å². The molecule has 30 heavy (non-hydrogen) atoms. The zero-order valence-corrected chi connectivity index (χ0v) is 18.5. The quantitative estimate of drug-likeness (QED) is 0.583. The van der Waals surface area contributed by atoms with E-state index in [4.69, 9.17) is 0 Å². The fourth-order valence-corrected chi connectivity index (χ4v) is 3.18. The minimum atomic E-state index is -0.690. The Morgan fingerprint density at radius 3 is 2.17 bits per heavy atom. The van der Waals surface area contributed by atoms with Gasteiger partial charge >= 0.3 is 6.03 Å². The van der Waals surface area contributed by atoms with E-state index in [1.807, 2.05) is 44.2 Å². The summed E-state index contributed by atoms with van der Waals surface area (Å²) in [5, 5.41) is 8.26. The monoisotopic (exact) mass is 428 g/mol. The number of amides is 4. The number of anilines is 1. The molecule has 3 N–H and O–H groups in total. The van der Waals surface area contributed by atoms with Gasteiger partial charge < -0.3 is 20.9 Å². The summed E-state index contributed by atoms with van der Waals surface area (Å²) in [6, 6.07) is 15.5. The fraction of sp³-hybridized carbons (Fsp3) is 0.318. The van der Waals surface area contributed by atoms with Crippen LogP contribution in [0, 0.1) is 5.92 Å². The number of nitrogens with zero attached hydrogens (tertiary/aromatic N) is 1. The van der Waals surface area contributed by atoms with Crippen LogP contribution in [0.5, 0.6) is 0 Å². The normalized spacial score (nSPS) is 11.5. The molecule has 0 aliphatic heterocycles. The SMILES string of the molecule is CC(C)C(NC(=O)NCc1ccccc1)C(=O)Nc1ccc(SC(=O)N(C)C)cc1. The summed E-state index contributed by atoms with van der Waals surface area (Å²) < 4.78 is 0. The van der Waals surface area contributed by atoms with Gasteiger partial charge in [-0.15, -0.1) is 0 Å². The van der Waals surface area contributed by atoms with Crippen molar-refractivity contribution in [3.8, 4) is 0 Å². The summed E-state index contributed by atoms with van der Waals surface area (Å²) in [6.07, 6.45) is 0. The summed E-state index contributed by atoms with van der Waals surface area (Å²) in [7, 11) is 3.39. The number of carbonyl (C=O) groups excluding carboxylic acids is 3. The second kappa shape index (κ2) is 11.3. The average molecular weight is 429 g/mol. The van der Waals surface area contributed by atoms with Crippen LogP contribution in [-0.4, -0.2) is 42.2 Å². The Morgan fingerprint density at radius 2 is 1.60 bits per heavy atom. The predicted octanol–water partition coefficient (Wildman–Crippen LogP) is 3.92. The molecule has 1 atom stereocenters. The van der Waals surface area contributed by atoms with Crippen molar-refractivity contribution in [2.45, 2.75) is 31.3 Å². The lowest BCUT2D eigenvalue weighted by Crippen LogP contribution is -2.50. The Bertz CT molecular complexity index is 854. The molecule has 2 rings (SSSR count). The lowest BCUT2D eigenvalue weighted by atomic mass is 10.0. The maximum Gasteiger partial charge on any atom is 0.315 e. The molecule has 7 nitrogen and oxygen atoms in total. The standard InChI is InChI=1S/C22H28N4O3S/c1-15(2)19(25-21(28)23-14-16-8-6-5-7-9-16)20(27)24-17-10-12-18(13-11-17)30-22(29)26(3)4/h5-13,15,19H,14H2,1-4H3,(H,24,27)(H2,23,25,28). The van der Waals surface area contributed by atoms with Gasteiger partial charge in [0.15, 0.2) is 0 Å². The molecule has 4 amide bonds. The van der Waals surface area contributed by atoms with Gasteiger partial charge in [-0.1, -0.05) is 44.2 Å². The van der Waals surface area contributed by atoms with E-state index in [0.717, 1.165) is 22.2 Å². The highest BCUT2D eigenvalue weighted by Gasteiger charge is 2.24. The topological polar surface area (TPSA) is 90.5 Å². The number of urea groups is 1. The number of nitrogens with one attached hydrogen (secondary N) is 3. The average Bonchev–Trinajstić information content (AvgIpc) is 2.72. The summed E-state index contributed by atoms with van der Waals surface area (Å²) in [6.45, 7) is 4.12. The third kappa shape index (κ3) is 7.44. The van der Waals surface area contributed by atoms with Crippen molar-refractivity contribution >= 4 is 34.6 Å². The largest absolute Gasteiger partial charge is 0.339 e. The smallest absolute Gasteiger partial charge is 0.315 e. The molecule has 0 aromatic heterocycles. The number of rotatable bonds is 7. The Labute approximate surface area is 181 Å². The van der Waals surface area contributed by atoms with Crippen LogP contribution >= 0.6 is 11.8 Å². The fourth-order valence-electron chi connectivity index (χ4n) is 2.52. The molecule has 0 spiro atoms. The van der Waals surface area contributed by atoms with E-state index >= 15 is 0 Å². The second-order valence-electron chi connectivity index (χ2n) is 7.31. The molecule has 2 aromatic carbocycles. The van der Waals surface area contributed by atoms with Crippen molar-refractivity contribution in [3.63, 3.8) is 0 Å². The molecule has 0 aliphatic carbocycles. The first-order chi connectivity index (χ1) is 14.3. The first kappa shape index (κ1) is 23.3. The maximum absolute atomic E-state index is 12.7. The van der Waals surface area contributed by atoms with Crippen LogP contribution in [0.2, 0.25) is 0 Å². The van der Waals surface area contributed by atoms with Gasteiger partial charge in [0.05, 0.1) is 0 Å². The van der Waals surface area contributed by atoms with E-state index in [-0.39, 0.29) is 17.1 Å². The van der Waals surface area contributed by atoms with Gasteiger partial charge in [0.25, 0.3) is 5.24 Å². The predicted molar refractivity (Wildman–Crippen MR) is 120 cm³/mol. The van der Waals surface area contributed by atoms with Crippen LogP contribution in [0.4, 0.5) is 15.3 Å². The van der Waals surface area contributed by atoms with Crippen LogP contribution in [-0.2, 0) is 11.3 Å². The molecule has 0 heterocycles. The highest BCUT2D eigenvalue weighted by Crippen LogP contribution is 2.22. The molecule has 0 bridgehead atoms. The van der Waals surface area contributed by atoms with Crippen LogP contribution in [0.15, 0.2) is 59.5 Å². The molecule has 8 heteroatoms. The molecule has 0 saturated heterocycles. The first-order valence-corrected chi connectivity index (χ1v) is 10.5. The summed E-state index contributed by atoms with van der Waals surface area (Å²) in [5.74, 6) is -0.398. The van der Waals surface area contributed by atoms with E-state index in [1.165, 1.54) is 4.90 Å². The van der Waals surface area contributed by atoms with Crippen LogP contribution in [0.3, 0.4) is 0 Å². The highest BCUT2D eigenvalue weighted by molar-refractivity contribution is 8.13. The van der Waals surface area contributed by atoms with Crippen molar-refractivity contribution in [2.75, 3.05) is 19.4 Å². The van der Waals surface area contributed by atoms with Crippen LogP contribution in [0.25, 0.3) is 0 Å². The molecule has 0 fully saturated rings. The van der Waals surface area contributed by atoms with Gasteiger partial charge in [0.2, 0.25) is 5.91 Å². The molecule has 0 saturated carbocycles. The summed E-state index contributed by atoms with van der Waals surface area (Å²) >= 11 is 1.11. The minimum Gasteiger partial charge on any atom is -0.339 e. The number of hydrogen-bond acceptors (Lipinski definition) is 4. The molecule has 1 unspecified atom stereocenters. The number of thioether (sulfide) groups is 1. The Morgan fingerprint density at radius 1 is 0.967 bits per heavy atom. The number of carbonyl (C=O) groups is 3. The molecule has 0 radical (unpaired) electrons. The van der Waals surface area contributed by atoms with E-state index in [9.17, 15) is 14.4 Å². The maximum atomic E-state index is 12.7. The molecule has 2 aromatic rings. The van der Waals surface area contributed by atoms with Gasteiger partial charge in [-0.25, -0.2) is 4.79 Å². The van der Waals surface area contributed by atoms with E-state index in [1.54, 1.807) is 38.4 Å². The molecular weight excluding hydrogens is 400 g/mol. The van der Waals surface area contributed by atoms with E-state index in [2.05, 4.69) is 16.0 Å². The molecule has 160 valence electrons. The van der Waals surface area contributed by atoms with Crippen molar-refractivity contribution in [1.29, 1.82) is 0 Å². The van der Waals surface area contributed by atoms with Gasteiger partial charge in [-0.3, -0.25) is 9.59 Å². The summed E-state index contributed by atoms with van der Waals surface area (Å²) in [4.78, 5) is 39.0. The Balaban J connectivity index is 1.91. The van der Waals surface area contributed by atoms with Gasteiger partial charge in [0.1, 0.15) is 6.04 Å². The second-order valence-corrected chi connectivity index (χ2v) is 8.34. The minimum absolute atomic E-state index is 0.0719. The van der Waals surface area contributed by atoms with E-state index in [0.29, 0.717) is 12.2 Å². The van der Waals surface area contributed by atoms with Crippen molar-refractivity contribution < 1.29 is 14.4 Å². The lowest BCUT2D eigenvalue weighted by molar-refractivity contribution is -0.118. The number of hydrogen-bond donors (Lipinski definition) is 3. The van der Waals surface area contributed by atoms with Crippen molar-refractivity contribution in [1.82, 2.24) is 15.5 Å². The zero-order valence-electron chi connectivity index (χ0n) is 17.6. The molecular formula is C22H28N4O3S. The molecule has 0 aliphatic rings. The number of benzene rings is 2. The van der Waals surface area contributed by atoms with Crippen molar-refractivity contribution in [3.05, 3.63) is 60.2 Å². The van der Waals surface area contributed by atoms with Gasteiger partial charge in [-0.05, 0) is 47.5 Å². The van der Waals surface area contributed by atoms with Crippen LogP contribution < -0.4 is 16.0 Å². The van der Waals surface area contributed by atoms with E-state index < -0.39 is 12.1 Å². The van der Waals surface area contributed by atoms with Gasteiger partial charge in [-0.2, -0.15) is 0 Å². The van der Waals surface area contributed by atoms with Crippen molar-refractivity contribution in [2.24, 2.45) is 5.92 Å². The lowest BCUT2D eigenvalue weighted by Gasteiger charge is -2.22. The zero-order chi connectivity index (χ0) is 22.1. The summed E-state index contributed by atoms with van der Waals surface area (Å²) in [5.41, 5.74) is 1.57. The Kier molecular flexibility index (Phi) is 8.73. The first-order valence-electron chi connectivity index (χ1n) is 9.64. The highest BCUT2D eigenvalue weighted by atomic mass is 32.2. The Hall–Kier alpha value is -3.00. The third-order valence-corrected chi connectivity index (χ3v) is 5.27.